The Morgan fingerprint density at radius 3 is 2.50 bits per heavy atom. The van der Waals surface area contributed by atoms with E-state index in [0.717, 1.165) is 30.4 Å². The summed E-state index contributed by atoms with van der Waals surface area (Å²) in [5, 5.41) is 13.6. The first-order valence-corrected chi connectivity index (χ1v) is 13.0. The largest absolute Gasteiger partial charge is 0.330 e. The third-order valence-electron chi connectivity index (χ3n) is 6.57. The fourth-order valence-electron chi connectivity index (χ4n) is 4.57. The number of nitro groups is 1. The summed E-state index contributed by atoms with van der Waals surface area (Å²) in [6.45, 7) is 0.600. The number of rotatable bonds is 7. The first-order valence-electron chi connectivity index (χ1n) is 11.7. The Bertz CT molecular complexity index is 1320. The second-order valence-corrected chi connectivity index (χ2v) is 10.4. The van der Waals surface area contributed by atoms with E-state index >= 15 is 0 Å². The second-order valence-electron chi connectivity index (χ2n) is 8.97. The minimum atomic E-state index is -0.462. The predicted molar refractivity (Wildman–Crippen MR) is 140 cm³/mol. The van der Waals surface area contributed by atoms with Gasteiger partial charge >= 0.3 is 0 Å². The van der Waals surface area contributed by atoms with Gasteiger partial charge in [0.2, 0.25) is 11.8 Å². The van der Waals surface area contributed by atoms with Crippen molar-refractivity contribution in [3.05, 3.63) is 103 Å². The van der Waals surface area contributed by atoms with Crippen molar-refractivity contribution in [2.24, 2.45) is 0 Å². The highest BCUT2D eigenvalue weighted by atomic mass is 35.5. The monoisotopic (exact) mass is 521 g/mol. The number of carbonyl (C=O) groups is 2. The molecule has 36 heavy (non-hydrogen) atoms. The lowest BCUT2D eigenvalue weighted by Gasteiger charge is -2.37. The zero-order valence-corrected chi connectivity index (χ0v) is 21.0. The Morgan fingerprint density at radius 2 is 1.83 bits per heavy atom. The van der Waals surface area contributed by atoms with E-state index in [1.165, 1.54) is 23.1 Å². The number of non-ortho nitro benzene ring substituents is 1. The number of halogens is 1. The molecule has 1 aromatic heterocycles. The fourth-order valence-corrected chi connectivity index (χ4v) is 5.60. The average molecular weight is 522 g/mol. The molecule has 5 rings (SSSR count). The minimum Gasteiger partial charge on any atom is -0.330 e. The number of amides is 2. The highest BCUT2D eigenvalue weighted by molar-refractivity contribution is 7.10. The number of thiophene rings is 1. The number of nitrogens with zero attached hydrogens (tertiary/aromatic N) is 3. The quantitative estimate of drug-likeness (QED) is 0.234. The highest BCUT2D eigenvalue weighted by Gasteiger charge is 2.37. The molecule has 1 atom stereocenters. The molecule has 2 heterocycles. The van der Waals surface area contributed by atoms with Crippen molar-refractivity contribution in [1.82, 2.24) is 9.80 Å². The van der Waals surface area contributed by atoms with Crippen LogP contribution in [-0.4, -0.2) is 45.7 Å². The van der Waals surface area contributed by atoms with Gasteiger partial charge in [-0.15, -0.1) is 11.3 Å². The summed E-state index contributed by atoms with van der Waals surface area (Å²) in [5.41, 5.74) is 2.80. The van der Waals surface area contributed by atoms with Crippen molar-refractivity contribution >= 4 is 46.5 Å². The van der Waals surface area contributed by atoms with Gasteiger partial charge in [0.05, 0.1) is 11.0 Å². The molecule has 9 heteroatoms. The predicted octanol–water partition coefficient (Wildman–Crippen LogP) is 5.49. The number of hydrogen-bond acceptors (Lipinski definition) is 5. The van der Waals surface area contributed by atoms with Crippen molar-refractivity contribution in [2.45, 2.75) is 31.3 Å². The lowest BCUT2D eigenvalue weighted by molar-refractivity contribution is -0.384. The van der Waals surface area contributed by atoms with Gasteiger partial charge in [0.25, 0.3) is 5.69 Å². The molecule has 0 saturated heterocycles. The maximum absolute atomic E-state index is 13.6. The van der Waals surface area contributed by atoms with Crippen LogP contribution in [0.15, 0.2) is 66.1 Å². The summed E-state index contributed by atoms with van der Waals surface area (Å²) in [7, 11) is 0. The van der Waals surface area contributed by atoms with E-state index in [4.69, 9.17) is 11.6 Å². The van der Waals surface area contributed by atoms with E-state index in [1.54, 1.807) is 34.4 Å². The Labute approximate surface area is 217 Å². The average Bonchev–Trinajstić information content (AvgIpc) is 3.61. The molecule has 184 valence electrons. The van der Waals surface area contributed by atoms with Crippen LogP contribution in [0.4, 0.5) is 5.69 Å². The summed E-state index contributed by atoms with van der Waals surface area (Å²) < 4.78 is 0. The number of fused-ring (bicyclic) bond motifs is 1. The van der Waals surface area contributed by atoms with Gasteiger partial charge in [-0.2, -0.15) is 0 Å². The molecule has 3 aromatic rings. The molecule has 2 amide bonds. The first kappa shape index (κ1) is 24.2. The number of benzene rings is 2. The third-order valence-corrected chi connectivity index (χ3v) is 7.82. The van der Waals surface area contributed by atoms with Gasteiger partial charge in [0.15, 0.2) is 0 Å². The zero-order valence-electron chi connectivity index (χ0n) is 19.4. The molecule has 2 aromatic carbocycles. The number of hydrogen-bond donors (Lipinski definition) is 0. The lowest BCUT2D eigenvalue weighted by atomic mass is 9.93. The topological polar surface area (TPSA) is 83.8 Å². The lowest BCUT2D eigenvalue weighted by Crippen LogP contribution is -2.47. The van der Waals surface area contributed by atoms with Crippen LogP contribution in [-0.2, 0) is 16.0 Å². The van der Waals surface area contributed by atoms with Crippen LogP contribution in [0.5, 0.6) is 0 Å². The van der Waals surface area contributed by atoms with Crippen molar-refractivity contribution in [3.63, 3.8) is 0 Å². The Balaban J connectivity index is 1.34. The molecule has 0 N–H and O–H groups in total. The van der Waals surface area contributed by atoms with E-state index in [1.807, 2.05) is 29.2 Å². The summed E-state index contributed by atoms with van der Waals surface area (Å²) in [4.78, 5) is 41.9. The Kier molecular flexibility index (Phi) is 6.89. The van der Waals surface area contributed by atoms with Gasteiger partial charge in [-0.3, -0.25) is 19.7 Å². The smallest absolute Gasteiger partial charge is 0.269 e. The van der Waals surface area contributed by atoms with E-state index in [-0.39, 0.29) is 36.1 Å². The van der Waals surface area contributed by atoms with Crippen LogP contribution in [0.3, 0.4) is 0 Å². The molecule has 0 bridgehead atoms. The van der Waals surface area contributed by atoms with Crippen molar-refractivity contribution in [2.75, 3.05) is 13.1 Å². The molecule has 0 radical (unpaired) electrons. The third kappa shape index (κ3) is 5.20. The van der Waals surface area contributed by atoms with E-state index in [0.29, 0.717) is 17.1 Å². The number of carbonyl (C=O) groups excluding carboxylic acids is 2. The molecule has 7 nitrogen and oxygen atoms in total. The van der Waals surface area contributed by atoms with Gasteiger partial charge < -0.3 is 9.80 Å². The minimum absolute atomic E-state index is 0.00534. The van der Waals surface area contributed by atoms with Gasteiger partial charge in [-0.1, -0.05) is 23.7 Å². The maximum Gasteiger partial charge on any atom is 0.269 e. The van der Waals surface area contributed by atoms with Crippen molar-refractivity contribution < 1.29 is 14.5 Å². The summed E-state index contributed by atoms with van der Waals surface area (Å²) in [5.74, 6) is -0.323. The highest BCUT2D eigenvalue weighted by Crippen LogP contribution is 2.38. The molecule has 1 aliphatic carbocycles. The first-order chi connectivity index (χ1) is 17.4. The van der Waals surface area contributed by atoms with Crippen LogP contribution in [0.2, 0.25) is 5.02 Å². The molecule has 0 spiro atoms. The van der Waals surface area contributed by atoms with Gasteiger partial charge in [-0.25, -0.2) is 0 Å². The molecule has 2 aliphatic rings. The normalized spacial score (nSPS) is 17.1. The summed E-state index contributed by atoms with van der Waals surface area (Å²) >= 11 is 7.82. The molecular formula is C27H24ClN3O4S. The fraction of sp³-hybridized carbons (Fsp3) is 0.259. The number of nitro benzene ring substituents is 1. The molecule has 1 fully saturated rings. The van der Waals surface area contributed by atoms with E-state index in [2.05, 4.69) is 11.4 Å². The van der Waals surface area contributed by atoms with Gasteiger partial charge in [0.1, 0.15) is 6.54 Å². The van der Waals surface area contributed by atoms with Gasteiger partial charge in [-0.05, 0) is 77.7 Å². The zero-order chi connectivity index (χ0) is 25.2. The second kappa shape index (κ2) is 10.2. The SMILES string of the molecule is O=C(/C=C/c1ccc([N+](=O)[O-])cc1)N(CC(=O)N1CCc2sccc2[C@H]1c1ccc(Cl)cc1)C1CC1. The standard InChI is InChI=1S/C27H24ClN3O4S/c28-20-6-4-19(5-7-20)27-23-14-16-36-24(23)13-15-29(27)26(33)17-30(21-10-11-21)25(32)12-3-18-1-8-22(9-2-18)31(34)35/h1-9,12,14,16,21,27H,10-11,13,15,17H2/b12-3+/t27-/m1/s1. The summed E-state index contributed by atoms with van der Waals surface area (Å²) in [6.07, 6.45) is 5.61. The molecule has 0 unspecified atom stereocenters. The van der Waals surface area contributed by atoms with Gasteiger partial charge in [0, 0.05) is 40.7 Å². The van der Waals surface area contributed by atoms with E-state index < -0.39 is 4.92 Å². The Hall–Kier alpha value is -3.49. The van der Waals surface area contributed by atoms with Crippen LogP contribution in [0, 0.1) is 10.1 Å². The van der Waals surface area contributed by atoms with Crippen LogP contribution in [0.25, 0.3) is 6.08 Å². The van der Waals surface area contributed by atoms with Crippen molar-refractivity contribution in [1.29, 1.82) is 0 Å². The maximum atomic E-state index is 13.6. The Morgan fingerprint density at radius 1 is 1.11 bits per heavy atom. The van der Waals surface area contributed by atoms with Crippen molar-refractivity contribution in [3.8, 4) is 0 Å². The van der Waals surface area contributed by atoms with Crippen LogP contribution >= 0.6 is 22.9 Å². The molecule has 1 saturated carbocycles. The van der Waals surface area contributed by atoms with Crippen LogP contribution < -0.4 is 0 Å². The molecule has 1 aliphatic heterocycles. The summed E-state index contributed by atoms with van der Waals surface area (Å²) in [6, 6.07) is 15.5. The van der Waals surface area contributed by atoms with Crippen LogP contribution in [0.1, 0.15) is 40.5 Å². The molecular weight excluding hydrogens is 498 g/mol. The van der Waals surface area contributed by atoms with E-state index in [9.17, 15) is 19.7 Å².